The van der Waals surface area contributed by atoms with Crippen molar-refractivity contribution in [3.63, 3.8) is 0 Å². The van der Waals surface area contributed by atoms with Gasteiger partial charge < -0.3 is 15.1 Å². The van der Waals surface area contributed by atoms with Crippen LogP contribution in [0.2, 0.25) is 0 Å². The first-order valence-electron chi connectivity index (χ1n) is 6.93. The molecule has 2 saturated heterocycles. The van der Waals surface area contributed by atoms with Gasteiger partial charge in [-0.1, -0.05) is 0 Å². The zero-order valence-electron chi connectivity index (χ0n) is 11.1. The predicted octanol–water partition coefficient (Wildman–Crippen LogP) is 1.52. The highest BCUT2D eigenvalue weighted by Crippen LogP contribution is 2.18. The van der Waals surface area contributed by atoms with Gasteiger partial charge in [0.05, 0.1) is 0 Å². The first-order valence-corrected chi connectivity index (χ1v) is 6.93. The smallest absolute Gasteiger partial charge is 0.317 e. The van der Waals surface area contributed by atoms with Gasteiger partial charge in [0.2, 0.25) is 0 Å². The summed E-state index contributed by atoms with van der Waals surface area (Å²) in [5.74, 6) is 0.676. The van der Waals surface area contributed by atoms with E-state index in [4.69, 9.17) is 0 Å². The van der Waals surface area contributed by atoms with Crippen molar-refractivity contribution in [3.8, 4) is 0 Å². The molecule has 4 nitrogen and oxygen atoms in total. The number of urea groups is 1. The third-order valence-electron chi connectivity index (χ3n) is 4.06. The van der Waals surface area contributed by atoms with Crippen LogP contribution in [0.5, 0.6) is 0 Å². The fraction of sp³-hybridized carbons (Fsp3) is 0.923. The van der Waals surface area contributed by atoms with Gasteiger partial charge in [0.15, 0.2) is 0 Å². The molecule has 17 heavy (non-hydrogen) atoms. The molecule has 2 amide bonds. The Hall–Kier alpha value is -0.770. The summed E-state index contributed by atoms with van der Waals surface area (Å²) in [4.78, 5) is 16.1. The lowest BCUT2D eigenvalue weighted by Crippen LogP contribution is -2.49. The number of nitrogens with zero attached hydrogens (tertiary/aromatic N) is 2. The van der Waals surface area contributed by atoms with E-state index in [0.717, 1.165) is 19.6 Å². The quantitative estimate of drug-likeness (QED) is 0.810. The second-order valence-corrected chi connectivity index (χ2v) is 5.60. The number of carbonyl (C=O) groups is 1. The van der Waals surface area contributed by atoms with Gasteiger partial charge in [0.25, 0.3) is 0 Å². The van der Waals surface area contributed by atoms with E-state index >= 15 is 0 Å². The molecule has 2 aliphatic rings. The summed E-state index contributed by atoms with van der Waals surface area (Å²) in [7, 11) is 0. The monoisotopic (exact) mass is 239 g/mol. The second kappa shape index (κ2) is 5.71. The van der Waals surface area contributed by atoms with Crippen molar-refractivity contribution >= 4 is 6.03 Å². The van der Waals surface area contributed by atoms with E-state index in [2.05, 4.69) is 24.1 Å². The van der Waals surface area contributed by atoms with Gasteiger partial charge in [0, 0.05) is 25.7 Å². The topological polar surface area (TPSA) is 35.6 Å². The molecule has 1 N–H and O–H groups in total. The number of hydrogen-bond donors (Lipinski definition) is 1. The predicted molar refractivity (Wildman–Crippen MR) is 69.0 cm³/mol. The van der Waals surface area contributed by atoms with E-state index in [1.165, 1.54) is 32.4 Å². The molecule has 2 aliphatic heterocycles. The van der Waals surface area contributed by atoms with Gasteiger partial charge >= 0.3 is 6.03 Å². The molecule has 0 saturated carbocycles. The van der Waals surface area contributed by atoms with Crippen LogP contribution in [0.1, 0.15) is 33.1 Å². The molecule has 0 unspecified atom stereocenters. The van der Waals surface area contributed by atoms with Crippen molar-refractivity contribution in [2.24, 2.45) is 5.92 Å². The van der Waals surface area contributed by atoms with Crippen molar-refractivity contribution < 1.29 is 4.79 Å². The number of hydrogen-bond acceptors (Lipinski definition) is 2. The van der Waals surface area contributed by atoms with Gasteiger partial charge in [-0.25, -0.2) is 4.79 Å². The normalized spacial score (nSPS) is 22.6. The van der Waals surface area contributed by atoms with Gasteiger partial charge in [-0.3, -0.25) is 0 Å². The highest BCUT2D eigenvalue weighted by atomic mass is 16.2. The molecule has 2 rings (SSSR count). The summed E-state index contributed by atoms with van der Waals surface area (Å²) >= 11 is 0. The summed E-state index contributed by atoms with van der Waals surface area (Å²) < 4.78 is 0. The van der Waals surface area contributed by atoms with Crippen LogP contribution in [-0.2, 0) is 0 Å². The summed E-state index contributed by atoms with van der Waals surface area (Å²) in [6, 6.07) is 0.800. The van der Waals surface area contributed by atoms with Crippen molar-refractivity contribution in [1.29, 1.82) is 0 Å². The first kappa shape index (κ1) is 12.7. The number of rotatable bonds is 3. The molecule has 0 aromatic heterocycles. The van der Waals surface area contributed by atoms with Gasteiger partial charge in [-0.05, 0) is 52.1 Å². The fourth-order valence-electron chi connectivity index (χ4n) is 2.54. The van der Waals surface area contributed by atoms with E-state index in [1.807, 2.05) is 4.90 Å². The summed E-state index contributed by atoms with van der Waals surface area (Å²) in [6.07, 6.45) is 3.61. The van der Waals surface area contributed by atoms with E-state index in [-0.39, 0.29) is 6.03 Å². The maximum Gasteiger partial charge on any atom is 0.317 e. The summed E-state index contributed by atoms with van der Waals surface area (Å²) in [6.45, 7) is 9.62. The molecule has 0 radical (unpaired) electrons. The van der Waals surface area contributed by atoms with Crippen molar-refractivity contribution in [2.45, 2.75) is 39.2 Å². The minimum Gasteiger partial charge on any atom is -0.338 e. The molecule has 0 aromatic carbocycles. The van der Waals surface area contributed by atoms with Crippen LogP contribution in [0, 0.1) is 5.92 Å². The zero-order chi connectivity index (χ0) is 12.3. The van der Waals surface area contributed by atoms with Crippen molar-refractivity contribution in [3.05, 3.63) is 0 Å². The number of piperidine rings is 1. The number of amides is 2. The molecule has 2 fully saturated rings. The molecule has 0 aromatic rings. The van der Waals surface area contributed by atoms with Gasteiger partial charge in [-0.15, -0.1) is 0 Å². The molecular weight excluding hydrogens is 214 g/mol. The minimum atomic E-state index is 0.141. The van der Waals surface area contributed by atoms with Crippen LogP contribution in [0.3, 0.4) is 0 Å². The molecule has 0 spiro atoms. The van der Waals surface area contributed by atoms with Crippen LogP contribution < -0.4 is 5.32 Å². The Morgan fingerprint density at radius 2 is 1.88 bits per heavy atom. The Balaban J connectivity index is 1.62. The molecule has 0 aliphatic carbocycles. The number of nitrogens with one attached hydrogen (secondary N) is 1. The Kier molecular flexibility index (Phi) is 4.26. The Bertz CT molecular complexity index is 255. The number of carbonyl (C=O) groups excluding carboxylic acids is 1. The zero-order valence-corrected chi connectivity index (χ0v) is 11.1. The SMILES string of the molecule is CC(C)N1CCC(CNC(=O)N2CCC2)CC1. The van der Waals surface area contributed by atoms with Gasteiger partial charge in [-0.2, -0.15) is 0 Å². The number of likely N-dealkylation sites (tertiary alicyclic amines) is 2. The average molecular weight is 239 g/mol. The fourth-order valence-corrected chi connectivity index (χ4v) is 2.54. The molecule has 4 heteroatoms. The molecular formula is C13H25N3O. The van der Waals surface area contributed by atoms with Crippen LogP contribution in [0.4, 0.5) is 4.79 Å². The Labute approximate surface area is 104 Å². The van der Waals surface area contributed by atoms with Crippen LogP contribution in [-0.4, -0.2) is 54.6 Å². The second-order valence-electron chi connectivity index (χ2n) is 5.60. The molecule has 0 bridgehead atoms. The highest BCUT2D eigenvalue weighted by Gasteiger charge is 2.23. The maximum absolute atomic E-state index is 11.6. The van der Waals surface area contributed by atoms with Crippen LogP contribution >= 0.6 is 0 Å². The standard InChI is InChI=1S/C13H25N3O/c1-11(2)15-8-4-12(5-9-15)10-14-13(17)16-6-3-7-16/h11-12H,3-10H2,1-2H3,(H,14,17). The Morgan fingerprint density at radius 1 is 1.24 bits per heavy atom. The average Bonchev–Trinajstić information content (AvgIpc) is 2.24. The first-order chi connectivity index (χ1) is 8.16. The highest BCUT2D eigenvalue weighted by molar-refractivity contribution is 5.74. The van der Waals surface area contributed by atoms with E-state index in [0.29, 0.717) is 12.0 Å². The lowest BCUT2D eigenvalue weighted by molar-refractivity contribution is 0.141. The molecule has 0 atom stereocenters. The van der Waals surface area contributed by atoms with E-state index < -0.39 is 0 Å². The minimum absolute atomic E-state index is 0.141. The lowest BCUT2D eigenvalue weighted by Gasteiger charge is -2.35. The van der Waals surface area contributed by atoms with Crippen LogP contribution in [0.15, 0.2) is 0 Å². The van der Waals surface area contributed by atoms with E-state index in [1.54, 1.807) is 0 Å². The summed E-state index contributed by atoms with van der Waals surface area (Å²) in [5.41, 5.74) is 0. The molecule has 2 heterocycles. The van der Waals surface area contributed by atoms with Gasteiger partial charge in [0.1, 0.15) is 0 Å². The third kappa shape index (κ3) is 3.35. The third-order valence-corrected chi connectivity index (χ3v) is 4.06. The van der Waals surface area contributed by atoms with Crippen molar-refractivity contribution in [1.82, 2.24) is 15.1 Å². The lowest BCUT2D eigenvalue weighted by atomic mass is 9.96. The maximum atomic E-state index is 11.6. The van der Waals surface area contributed by atoms with Crippen molar-refractivity contribution in [2.75, 3.05) is 32.7 Å². The van der Waals surface area contributed by atoms with Crippen LogP contribution in [0.25, 0.3) is 0 Å². The largest absolute Gasteiger partial charge is 0.338 e. The Morgan fingerprint density at radius 3 is 2.35 bits per heavy atom. The summed E-state index contributed by atoms with van der Waals surface area (Å²) in [5, 5.41) is 3.07. The molecule has 98 valence electrons. The van der Waals surface area contributed by atoms with E-state index in [9.17, 15) is 4.79 Å².